The maximum absolute atomic E-state index is 12.9. The summed E-state index contributed by atoms with van der Waals surface area (Å²) in [7, 11) is 0. The summed E-state index contributed by atoms with van der Waals surface area (Å²) < 4.78 is 1.90. The van der Waals surface area contributed by atoms with Gasteiger partial charge in [0.25, 0.3) is 5.91 Å². The quantitative estimate of drug-likeness (QED) is 0.897. The zero-order valence-corrected chi connectivity index (χ0v) is 13.2. The molecule has 2 heterocycles. The summed E-state index contributed by atoms with van der Waals surface area (Å²) in [6.45, 7) is 4.23. The summed E-state index contributed by atoms with van der Waals surface area (Å²) in [6, 6.07) is 1.17. The van der Waals surface area contributed by atoms with Crippen molar-refractivity contribution in [1.29, 1.82) is 0 Å². The fourth-order valence-electron chi connectivity index (χ4n) is 3.60. The molecule has 22 heavy (non-hydrogen) atoms. The van der Waals surface area contributed by atoms with Crippen LogP contribution in [0.15, 0.2) is 6.20 Å². The van der Waals surface area contributed by atoms with Crippen molar-refractivity contribution in [3.05, 3.63) is 11.9 Å². The second-order valence-electron chi connectivity index (χ2n) is 7.09. The largest absolute Gasteiger partial charge is 0.331 e. The number of carbonyl (C=O) groups is 1. The third-order valence-corrected chi connectivity index (χ3v) is 5.33. The molecule has 1 aromatic rings. The molecule has 6 nitrogen and oxygen atoms in total. The SMILES string of the molecule is CC(C1CC1)N(C(=O)c1cn(C2CCNCC2)nn1)C1CC1. The van der Waals surface area contributed by atoms with Crippen LogP contribution in [-0.4, -0.2) is 51.0 Å². The van der Waals surface area contributed by atoms with E-state index in [1.54, 1.807) is 0 Å². The van der Waals surface area contributed by atoms with Crippen molar-refractivity contribution in [3.63, 3.8) is 0 Å². The Morgan fingerprint density at radius 3 is 2.64 bits per heavy atom. The molecular formula is C16H25N5O. The molecular weight excluding hydrogens is 278 g/mol. The van der Waals surface area contributed by atoms with E-state index in [1.807, 2.05) is 10.9 Å². The maximum Gasteiger partial charge on any atom is 0.276 e. The number of aromatic nitrogens is 3. The first-order chi connectivity index (χ1) is 10.7. The van der Waals surface area contributed by atoms with Gasteiger partial charge in [-0.05, 0) is 64.5 Å². The lowest BCUT2D eigenvalue weighted by molar-refractivity contribution is 0.0648. The predicted molar refractivity (Wildman–Crippen MR) is 82.5 cm³/mol. The van der Waals surface area contributed by atoms with Crippen LogP contribution >= 0.6 is 0 Å². The Morgan fingerprint density at radius 1 is 1.27 bits per heavy atom. The van der Waals surface area contributed by atoms with Gasteiger partial charge in [0, 0.05) is 12.1 Å². The third-order valence-electron chi connectivity index (χ3n) is 5.33. The summed E-state index contributed by atoms with van der Waals surface area (Å²) in [6.07, 6.45) is 8.80. The number of nitrogens with one attached hydrogen (secondary N) is 1. The summed E-state index contributed by atoms with van der Waals surface area (Å²) >= 11 is 0. The number of hydrogen-bond acceptors (Lipinski definition) is 4. The molecule has 1 aromatic heterocycles. The minimum Gasteiger partial charge on any atom is -0.331 e. The van der Waals surface area contributed by atoms with E-state index < -0.39 is 0 Å². The van der Waals surface area contributed by atoms with Crippen LogP contribution in [0.25, 0.3) is 0 Å². The van der Waals surface area contributed by atoms with Gasteiger partial charge in [0.15, 0.2) is 5.69 Å². The first kappa shape index (κ1) is 14.2. The van der Waals surface area contributed by atoms with Crippen molar-refractivity contribution in [3.8, 4) is 0 Å². The highest BCUT2D eigenvalue weighted by atomic mass is 16.2. The third kappa shape index (κ3) is 2.76. The Labute approximate surface area is 131 Å². The van der Waals surface area contributed by atoms with Gasteiger partial charge in [-0.3, -0.25) is 4.79 Å². The van der Waals surface area contributed by atoms with E-state index in [2.05, 4.69) is 27.5 Å². The lowest BCUT2D eigenvalue weighted by Gasteiger charge is -2.28. The topological polar surface area (TPSA) is 63.1 Å². The highest BCUT2D eigenvalue weighted by Crippen LogP contribution is 2.40. The molecule has 0 radical (unpaired) electrons. The molecule has 1 atom stereocenters. The molecule has 120 valence electrons. The maximum atomic E-state index is 12.9. The average molecular weight is 303 g/mol. The molecule has 2 aliphatic carbocycles. The van der Waals surface area contributed by atoms with Crippen LogP contribution in [0, 0.1) is 5.92 Å². The fourth-order valence-corrected chi connectivity index (χ4v) is 3.60. The number of nitrogens with zero attached hydrogens (tertiary/aromatic N) is 4. The van der Waals surface area contributed by atoms with Gasteiger partial charge >= 0.3 is 0 Å². The molecule has 1 unspecified atom stereocenters. The highest BCUT2D eigenvalue weighted by molar-refractivity contribution is 5.92. The van der Waals surface area contributed by atoms with E-state index in [0.717, 1.165) is 38.8 Å². The van der Waals surface area contributed by atoms with Crippen LogP contribution in [0.1, 0.15) is 62.0 Å². The van der Waals surface area contributed by atoms with Gasteiger partial charge in [-0.15, -0.1) is 5.10 Å². The Hall–Kier alpha value is -1.43. The van der Waals surface area contributed by atoms with E-state index in [4.69, 9.17) is 0 Å². The van der Waals surface area contributed by atoms with Crippen LogP contribution in [0.2, 0.25) is 0 Å². The number of amides is 1. The average Bonchev–Trinajstić information content (AvgIpc) is 3.47. The second-order valence-corrected chi connectivity index (χ2v) is 7.09. The van der Waals surface area contributed by atoms with Crippen molar-refractivity contribution in [1.82, 2.24) is 25.2 Å². The van der Waals surface area contributed by atoms with E-state index in [0.29, 0.717) is 29.7 Å². The van der Waals surface area contributed by atoms with E-state index >= 15 is 0 Å². The second kappa shape index (κ2) is 5.65. The lowest BCUT2D eigenvalue weighted by Crippen LogP contribution is -2.41. The fraction of sp³-hybridized carbons (Fsp3) is 0.812. The summed E-state index contributed by atoms with van der Waals surface area (Å²) in [5.74, 6) is 0.783. The molecule has 1 saturated heterocycles. The minimum absolute atomic E-state index is 0.0853. The molecule has 1 N–H and O–H groups in total. The minimum atomic E-state index is 0.0853. The molecule has 1 amide bonds. The molecule has 1 aliphatic heterocycles. The van der Waals surface area contributed by atoms with Gasteiger partial charge in [0.2, 0.25) is 0 Å². The molecule has 0 bridgehead atoms. The smallest absolute Gasteiger partial charge is 0.276 e. The summed E-state index contributed by atoms with van der Waals surface area (Å²) in [5, 5.41) is 11.8. The number of hydrogen-bond donors (Lipinski definition) is 1. The van der Waals surface area contributed by atoms with Crippen LogP contribution in [-0.2, 0) is 0 Å². The Morgan fingerprint density at radius 2 is 2.00 bits per heavy atom. The summed E-state index contributed by atoms with van der Waals surface area (Å²) in [4.78, 5) is 15.0. The number of piperidine rings is 1. The zero-order valence-electron chi connectivity index (χ0n) is 13.2. The molecule has 2 saturated carbocycles. The Bertz CT molecular complexity index is 542. The van der Waals surface area contributed by atoms with Crippen molar-refractivity contribution in [2.45, 2.75) is 63.6 Å². The van der Waals surface area contributed by atoms with Crippen LogP contribution < -0.4 is 5.32 Å². The van der Waals surface area contributed by atoms with Crippen molar-refractivity contribution < 1.29 is 4.79 Å². The summed E-state index contributed by atoms with van der Waals surface area (Å²) in [5.41, 5.74) is 0.526. The number of carbonyl (C=O) groups excluding carboxylic acids is 1. The highest BCUT2D eigenvalue weighted by Gasteiger charge is 2.42. The first-order valence-electron chi connectivity index (χ1n) is 8.69. The predicted octanol–water partition coefficient (Wildman–Crippen LogP) is 1.61. The molecule has 0 aromatic carbocycles. The van der Waals surface area contributed by atoms with E-state index in [1.165, 1.54) is 12.8 Å². The Kier molecular flexibility index (Phi) is 3.64. The molecule has 4 rings (SSSR count). The molecule has 0 spiro atoms. The molecule has 3 aliphatic rings. The van der Waals surface area contributed by atoms with E-state index in [-0.39, 0.29) is 5.91 Å². The van der Waals surface area contributed by atoms with Crippen LogP contribution in [0.5, 0.6) is 0 Å². The number of rotatable bonds is 5. The first-order valence-corrected chi connectivity index (χ1v) is 8.69. The monoisotopic (exact) mass is 303 g/mol. The van der Waals surface area contributed by atoms with Gasteiger partial charge in [-0.2, -0.15) is 0 Å². The van der Waals surface area contributed by atoms with Crippen molar-refractivity contribution >= 4 is 5.91 Å². The normalized spacial score (nSPS) is 24.2. The van der Waals surface area contributed by atoms with Crippen LogP contribution in [0.4, 0.5) is 0 Å². The molecule has 3 fully saturated rings. The van der Waals surface area contributed by atoms with Crippen molar-refractivity contribution in [2.24, 2.45) is 5.92 Å². The standard InChI is InChI=1S/C16H25N5O/c1-11(12-2-3-12)21(14-4-5-14)16(22)15-10-20(19-18-15)13-6-8-17-9-7-13/h10-14,17H,2-9H2,1H3. The van der Waals surface area contributed by atoms with Gasteiger partial charge in [-0.25, -0.2) is 4.68 Å². The zero-order chi connectivity index (χ0) is 15.1. The van der Waals surface area contributed by atoms with Gasteiger partial charge in [-0.1, -0.05) is 5.21 Å². The lowest BCUT2D eigenvalue weighted by atomic mass is 10.1. The van der Waals surface area contributed by atoms with Gasteiger partial charge < -0.3 is 10.2 Å². The van der Waals surface area contributed by atoms with Gasteiger partial charge in [0.05, 0.1) is 12.2 Å². The van der Waals surface area contributed by atoms with Crippen LogP contribution in [0.3, 0.4) is 0 Å². The van der Waals surface area contributed by atoms with Gasteiger partial charge in [0.1, 0.15) is 0 Å². The van der Waals surface area contributed by atoms with E-state index in [9.17, 15) is 4.79 Å². The van der Waals surface area contributed by atoms with Crippen molar-refractivity contribution in [2.75, 3.05) is 13.1 Å². The Balaban J connectivity index is 1.50. The molecule has 6 heteroatoms.